The smallest absolute Gasteiger partial charge is 0.442 e. The molecule has 21 heavy (non-hydrogen) atoms. The van der Waals surface area contributed by atoms with Gasteiger partial charge in [0.05, 0.1) is 18.2 Å². The lowest BCUT2D eigenvalue weighted by molar-refractivity contribution is -0.137. The van der Waals surface area contributed by atoms with Crippen molar-refractivity contribution in [2.24, 2.45) is 0 Å². The highest BCUT2D eigenvalue weighted by Crippen LogP contribution is 2.30. The molecule has 0 saturated heterocycles. The molecule has 116 valence electrons. The van der Waals surface area contributed by atoms with Gasteiger partial charge in [0, 0.05) is 0 Å². The first kappa shape index (κ1) is 17.4. The van der Waals surface area contributed by atoms with E-state index in [1.807, 2.05) is 0 Å². The Hall–Kier alpha value is -1.70. The quantitative estimate of drug-likeness (QED) is 0.845. The van der Waals surface area contributed by atoms with Crippen LogP contribution in [0.5, 0.6) is 0 Å². The number of aliphatic carboxylic acids is 1. The molecule has 1 unspecified atom stereocenters. The van der Waals surface area contributed by atoms with Gasteiger partial charge in [-0.3, -0.25) is 9.59 Å². The first-order valence-electron chi connectivity index (χ1n) is 5.96. The maximum Gasteiger partial charge on any atom is 0.442 e. The topological polar surface area (TPSA) is 66.4 Å². The number of alkyl halides is 3. The van der Waals surface area contributed by atoms with Crippen molar-refractivity contribution in [2.45, 2.75) is 24.9 Å². The first-order valence-corrected chi connectivity index (χ1v) is 6.95. The van der Waals surface area contributed by atoms with Crippen LogP contribution in [0.2, 0.25) is 0 Å². The average molecular weight is 321 g/mol. The maximum atomic E-state index is 12.0. The van der Waals surface area contributed by atoms with Gasteiger partial charge in [-0.25, -0.2) is 0 Å². The zero-order chi connectivity index (χ0) is 16.0. The minimum absolute atomic E-state index is 0.396. The second-order valence-electron chi connectivity index (χ2n) is 4.31. The van der Waals surface area contributed by atoms with Crippen molar-refractivity contribution in [3.05, 3.63) is 35.4 Å². The van der Waals surface area contributed by atoms with Crippen LogP contribution in [0.3, 0.4) is 0 Å². The molecule has 0 aliphatic heterocycles. The van der Waals surface area contributed by atoms with Crippen molar-refractivity contribution in [1.82, 2.24) is 5.32 Å². The molecule has 1 aromatic rings. The van der Waals surface area contributed by atoms with Gasteiger partial charge in [0.25, 0.3) is 0 Å². The molecule has 8 heteroatoms. The van der Waals surface area contributed by atoms with Crippen LogP contribution in [-0.2, 0) is 9.59 Å². The minimum Gasteiger partial charge on any atom is -0.481 e. The van der Waals surface area contributed by atoms with Gasteiger partial charge in [0.15, 0.2) is 0 Å². The zero-order valence-electron chi connectivity index (χ0n) is 11.1. The average Bonchev–Trinajstić information content (AvgIpc) is 2.35. The van der Waals surface area contributed by atoms with E-state index in [0.717, 1.165) is 5.56 Å². The Bertz CT molecular complexity index is 520. The zero-order valence-corrected chi connectivity index (χ0v) is 11.9. The molecule has 2 N–H and O–H groups in total. The van der Waals surface area contributed by atoms with Gasteiger partial charge in [-0.1, -0.05) is 24.3 Å². The third-order valence-electron chi connectivity index (χ3n) is 2.64. The summed E-state index contributed by atoms with van der Waals surface area (Å²) < 4.78 is 36.1. The van der Waals surface area contributed by atoms with Crippen LogP contribution in [-0.4, -0.2) is 28.2 Å². The van der Waals surface area contributed by atoms with Crippen LogP contribution >= 0.6 is 11.8 Å². The fourth-order valence-electron chi connectivity index (χ4n) is 1.77. The molecule has 1 aromatic carbocycles. The molecule has 0 bridgehead atoms. The Morgan fingerprint density at radius 2 is 1.95 bits per heavy atom. The van der Waals surface area contributed by atoms with Crippen LogP contribution in [0.1, 0.15) is 23.6 Å². The molecule has 0 aliphatic carbocycles. The fraction of sp³-hybridized carbons (Fsp3) is 0.385. The van der Waals surface area contributed by atoms with E-state index >= 15 is 0 Å². The third-order valence-corrected chi connectivity index (χ3v) is 3.38. The van der Waals surface area contributed by atoms with Crippen LogP contribution in [0, 0.1) is 6.92 Å². The molecule has 1 amide bonds. The Kier molecular flexibility index (Phi) is 6.07. The summed E-state index contributed by atoms with van der Waals surface area (Å²) in [6.07, 6.45) is -0.396. The number of amides is 1. The lowest BCUT2D eigenvalue weighted by Gasteiger charge is -2.19. The number of thioether (sulfide) groups is 1. The summed E-state index contributed by atoms with van der Waals surface area (Å²) in [6, 6.07) is 5.94. The predicted octanol–water partition coefficient (Wildman–Crippen LogP) is 2.88. The highest BCUT2D eigenvalue weighted by molar-refractivity contribution is 8.00. The number of aryl methyl sites for hydroxylation is 1. The standard InChI is InChI=1S/C13H14F3NO3S/c1-8-4-2-3-5-9(8)10(6-12(19)20)17-11(18)7-21-13(14,15)16/h2-5,10H,6-7H2,1H3,(H,17,18)(H,19,20). The fourth-order valence-corrected chi connectivity index (χ4v) is 2.15. The Balaban J connectivity index is 2.78. The van der Waals surface area contributed by atoms with E-state index in [-0.39, 0.29) is 0 Å². The van der Waals surface area contributed by atoms with Gasteiger partial charge < -0.3 is 10.4 Å². The van der Waals surface area contributed by atoms with Crippen molar-refractivity contribution < 1.29 is 27.9 Å². The molecule has 4 nitrogen and oxygen atoms in total. The van der Waals surface area contributed by atoms with Gasteiger partial charge in [-0.05, 0) is 29.8 Å². The molecule has 0 saturated carbocycles. The number of hydrogen-bond acceptors (Lipinski definition) is 3. The van der Waals surface area contributed by atoms with Gasteiger partial charge in [0.2, 0.25) is 5.91 Å². The molecule has 1 rings (SSSR count). The normalized spacial score (nSPS) is 12.8. The van der Waals surface area contributed by atoms with Crippen molar-refractivity contribution in [2.75, 3.05) is 5.75 Å². The predicted molar refractivity (Wildman–Crippen MR) is 72.8 cm³/mol. The van der Waals surface area contributed by atoms with E-state index in [2.05, 4.69) is 5.32 Å². The number of rotatable bonds is 6. The lowest BCUT2D eigenvalue weighted by atomic mass is 9.99. The number of carbonyl (C=O) groups excluding carboxylic acids is 1. The monoisotopic (exact) mass is 321 g/mol. The summed E-state index contributed by atoms with van der Waals surface area (Å²) >= 11 is -0.458. The molecule has 0 fully saturated rings. The molecular formula is C13H14F3NO3S. The van der Waals surface area contributed by atoms with Crippen molar-refractivity contribution in [3.8, 4) is 0 Å². The summed E-state index contributed by atoms with van der Waals surface area (Å²) in [6.45, 7) is 1.74. The van der Waals surface area contributed by atoms with Crippen molar-refractivity contribution >= 4 is 23.6 Å². The number of carboxylic acid groups (broad SMARTS) is 1. The largest absolute Gasteiger partial charge is 0.481 e. The number of benzene rings is 1. The van der Waals surface area contributed by atoms with Crippen LogP contribution < -0.4 is 5.32 Å². The minimum atomic E-state index is -4.50. The maximum absolute atomic E-state index is 12.0. The Labute approximate surface area is 123 Å². The van der Waals surface area contributed by atoms with Gasteiger partial charge in [-0.2, -0.15) is 13.2 Å². The molecule has 1 atom stereocenters. The van der Waals surface area contributed by atoms with Gasteiger partial charge in [0.1, 0.15) is 0 Å². The molecule has 0 spiro atoms. The summed E-state index contributed by atoms with van der Waals surface area (Å²) in [7, 11) is 0. The number of hydrogen-bond donors (Lipinski definition) is 2. The number of carbonyl (C=O) groups is 2. The number of nitrogens with one attached hydrogen (secondary N) is 1. The van der Waals surface area contributed by atoms with E-state index in [1.165, 1.54) is 0 Å². The number of halogens is 3. The molecule has 0 radical (unpaired) electrons. The summed E-state index contributed by atoms with van der Waals surface area (Å²) in [5.41, 5.74) is -3.17. The first-order chi connectivity index (χ1) is 9.69. The third kappa shape index (κ3) is 6.52. The molecule has 0 aliphatic rings. The van der Waals surface area contributed by atoms with Gasteiger partial charge >= 0.3 is 11.5 Å². The second-order valence-corrected chi connectivity index (χ2v) is 5.35. The summed E-state index contributed by atoms with van der Waals surface area (Å²) in [5.74, 6) is -2.80. The van der Waals surface area contributed by atoms with E-state index in [0.29, 0.717) is 5.56 Å². The van der Waals surface area contributed by atoms with E-state index in [1.54, 1.807) is 31.2 Å². The Morgan fingerprint density at radius 1 is 1.33 bits per heavy atom. The molecule has 0 heterocycles. The van der Waals surface area contributed by atoms with Crippen LogP contribution in [0.4, 0.5) is 13.2 Å². The van der Waals surface area contributed by atoms with Crippen LogP contribution in [0.25, 0.3) is 0 Å². The van der Waals surface area contributed by atoms with E-state index in [4.69, 9.17) is 5.11 Å². The van der Waals surface area contributed by atoms with Crippen molar-refractivity contribution in [3.63, 3.8) is 0 Å². The van der Waals surface area contributed by atoms with Crippen LogP contribution in [0.15, 0.2) is 24.3 Å². The number of carboxylic acids is 1. The van der Waals surface area contributed by atoms with E-state index in [9.17, 15) is 22.8 Å². The SMILES string of the molecule is Cc1ccccc1C(CC(=O)O)NC(=O)CSC(F)(F)F. The van der Waals surface area contributed by atoms with Crippen molar-refractivity contribution in [1.29, 1.82) is 0 Å². The van der Waals surface area contributed by atoms with Gasteiger partial charge in [-0.15, -0.1) is 0 Å². The summed E-state index contributed by atoms with van der Waals surface area (Å²) in [5, 5.41) is 11.2. The highest BCUT2D eigenvalue weighted by Gasteiger charge is 2.30. The molecular weight excluding hydrogens is 307 g/mol. The summed E-state index contributed by atoms with van der Waals surface area (Å²) in [4.78, 5) is 22.4. The molecule has 0 aromatic heterocycles. The lowest BCUT2D eigenvalue weighted by Crippen LogP contribution is -2.32. The Morgan fingerprint density at radius 3 is 2.48 bits per heavy atom. The second kappa shape index (κ2) is 7.35. The van der Waals surface area contributed by atoms with E-state index < -0.39 is 47.4 Å². The highest BCUT2D eigenvalue weighted by atomic mass is 32.2.